The molecule has 8 unspecified atom stereocenters. The molecule has 0 amide bonds. The first-order valence-corrected chi connectivity index (χ1v) is 12.6. The van der Waals surface area contributed by atoms with E-state index in [2.05, 4.69) is 13.8 Å². The molecular formula is C14H18Ni. The van der Waals surface area contributed by atoms with Gasteiger partial charge in [-0.25, -0.2) is 0 Å². The van der Waals surface area contributed by atoms with E-state index in [1.54, 1.807) is 12.8 Å². The molecule has 0 N–H and O–H groups in total. The van der Waals surface area contributed by atoms with Gasteiger partial charge in [-0.15, -0.1) is 0 Å². The van der Waals surface area contributed by atoms with Crippen molar-refractivity contribution in [2.24, 2.45) is 0 Å². The molecule has 0 saturated carbocycles. The summed E-state index contributed by atoms with van der Waals surface area (Å²) in [6.45, 7) is 5.20. The summed E-state index contributed by atoms with van der Waals surface area (Å²) in [5.74, 6) is 0. The SMILES string of the molecule is CC[C]12[CH]3[CH]4[CH]5[CH]1[Ni]45321678[CH]2[CH]1[CH]6[C]7(CC)[CH]28. The van der Waals surface area contributed by atoms with Gasteiger partial charge in [-0.2, -0.15) is 0 Å². The van der Waals surface area contributed by atoms with Gasteiger partial charge in [0.1, 0.15) is 0 Å². The molecule has 10 aliphatic rings. The van der Waals surface area contributed by atoms with E-state index in [9.17, 15) is 0 Å². The Morgan fingerprint density at radius 2 is 1.07 bits per heavy atom. The molecule has 0 aromatic rings. The van der Waals surface area contributed by atoms with Crippen molar-refractivity contribution in [1.29, 1.82) is 0 Å². The Morgan fingerprint density at radius 1 is 0.733 bits per heavy atom. The van der Waals surface area contributed by atoms with Gasteiger partial charge in [-0.05, 0) is 0 Å². The molecule has 0 aromatic heterocycles. The molecule has 0 aromatic carbocycles. The molecule has 1 heteroatoms. The first kappa shape index (κ1) is 5.42. The predicted octanol–water partition coefficient (Wildman–Crippen LogP) is 4.94. The van der Waals surface area contributed by atoms with Crippen molar-refractivity contribution in [3.63, 3.8) is 0 Å². The summed E-state index contributed by atoms with van der Waals surface area (Å²) < 4.78 is 2.37. The van der Waals surface area contributed by atoms with Crippen molar-refractivity contribution in [2.45, 2.75) is 74.6 Å². The Kier molecular flexibility index (Phi) is 0.137. The maximum absolute atomic E-state index is 2.60. The Bertz CT molecular complexity index is 851. The summed E-state index contributed by atoms with van der Waals surface area (Å²) in [4.78, 5) is 12.1. The van der Waals surface area contributed by atoms with Crippen LogP contribution in [-0.2, 0) is 6.23 Å². The minimum absolute atomic E-state index is 1.19. The molecule has 10 fully saturated rings. The molecule has 10 rings (SSSR count). The summed E-state index contributed by atoms with van der Waals surface area (Å²) >= 11 is 0. The molecule has 10 heterocycles. The molecule has 1 spiro atoms. The van der Waals surface area contributed by atoms with E-state index in [0.29, 0.717) is 0 Å². The molecule has 0 bridgehead atoms. The van der Waals surface area contributed by atoms with Crippen LogP contribution in [0.5, 0.6) is 0 Å². The van der Waals surface area contributed by atoms with Gasteiger partial charge < -0.3 is 0 Å². The summed E-state index contributed by atoms with van der Waals surface area (Å²) in [5, 5.41) is 0. The number of rotatable bonds is 2. The average molecular weight is 245 g/mol. The molecule has 0 aliphatic carbocycles. The zero-order valence-electron chi connectivity index (χ0n) is 9.35. The zero-order chi connectivity index (χ0) is 9.35. The van der Waals surface area contributed by atoms with E-state index in [-0.39, 0.29) is 0 Å². The molecule has 8 atom stereocenters. The Morgan fingerprint density at radius 3 is 1.20 bits per heavy atom. The van der Waals surface area contributed by atoms with Crippen LogP contribution >= 0.6 is 0 Å². The Hall–Kier alpha value is 0.494. The number of fused-ring (bicyclic) bond motifs is 10. The van der Waals surface area contributed by atoms with Gasteiger partial charge in [0, 0.05) is 0 Å². The monoisotopic (exact) mass is 244 g/mol. The van der Waals surface area contributed by atoms with Gasteiger partial charge >= 0.3 is 80.8 Å². The second-order valence-electron chi connectivity index (χ2n) is 10.0. The number of hydrogen-bond donors (Lipinski definition) is 0. The minimum atomic E-state index is -2.53. The topological polar surface area (TPSA) is 0 Å². The Labute approximate surface area is 80.9 Å². The van der Waals surface area contributed by atoms with Crippen LogP contribution in [-0.4, -0.2) is 0 Å². The molecule has 15 heavy (non-hydrogen) atoms. The van der Waals surface area contributed by atoms with E-state index in [0.717, 1.165) is 0 Å². The van der Waals surface area contributed by atoms with Crippen LogP contribution in [0.25, 0.3) is 0 Å². The standard InChI is InChI=1S/2C7H9.Ni/c2*1-2-7-5-3-4-6-7;/h2*3-6H,2H2,1H3;. The van der Waals surface area contributed by atoms with E-state index < -0.39 is 6.23 Å². The van der Waals surface area contributed by atoms with E-state index in [4.69, 9.17) is 0 Å². The van der Waals surface area contributed by atoms with E-state index in [1.807, 2.05) is 0 Å². The van der Waals surface area contributed by atoms with Crippen molar-refractivity contribution < 1.29 is 6.23 Å². The molecule has 84 valence electrons. The van der Waals surface area contributed by atoms with Crippen molar-refractivity contribution in [1.82, 2.24) is 0 Å². The third kappa shape index (κ3) is 0.0419. The van der Waals surface area contributed by atoms with Crippen molar-refractivity contribution in [3.8, 4) is 0 Å². The van der Waals surface area contributed by atoms with Crippen LogP contribution in [0.1, 0.15) is 26.7 Å². The van der Waals surface area contributed by atoms with Gasteiger partial charge in [-0.3, -0.25) is 0 Å². The fourth-order valence-electron chi connectivity index (χ4n) is 17.4. The van der Waals surface area contributed by atoms with E-state index in [1.165, 1.54) is 47.9 Å². The van der Waals surface area contributed by atoms with Crippen molar-refractivity contribution in [3.05, 3.63) is 0 Å². The van der Waals surface area contributed by atoms with Crippen LogP contribution < -0.4 is 0 Å². The molecule has 0 radical (unpaired) electrons. The van der Waals surface area contributed by atoms with Gasteiger partial charge in [0.15, 0.2) is 0 Å². The average Bonchev–Trinajstić information content (AvgIpc) is 3.22. The molecular weight excluding hydrogens is 227 g/mol. The molecule has 0 nitrogen and oxygen atoms in total. The van der Waals surface area contributed by atoms with Crippen LogP contribution in [0.15, 0.2) is 0 Å². The summed E-state index contributed by atoms with van der Waals surface area (Å²) in [6, 6.07) is 0. The van der Waals surface area contributed by atoms with Crippen LogP contribution in [0.3, 0.4) is 0 Å². The quantitative estimate of drug-likeness (QED) is 0.604. The van der Waals surface area contributed by atoms with Crippen LogP contribution in [0.4, 0.5) is 0 Å². The molecule has 10 aliphatic heterocycles. The third-order valence-electron chi connectivity index (χ3n) is 15.0. The first-order valence-electron chi connectivity index (χ1n) is 7.05. The van der Waals surface area contributed by atoms with Crippen LogP contribution in [0.2, 0.25) is 47.9 Å². The van der Waals surface area contributed by atoms with Crippen molar-refractivity contribution in [2.75, 3.05) is 0 Å². The van der Waals surface area contributed by atoms with Gasteiger partial charge in [-0.1, -0.05) is 0 Å². The van der Waals surface area contributed by atoms with Crippen LogP contribution in [0, 0.1) is 0 Å². The second kappa shape index (κ2) is 0.379. The summed E-state index contributed by atoms with van der Waals surface area (Å²) in [5.41, 5.74) is 0. The third-order valence-corrected chi connectivity index (χ3v) is 54.7. The second-order valence-corrected chi connectivity index (χ2v) is 31.0. The summed E-state index contributed by atoms with van der Waals surface area (Å²) in [6.07, 6.45) is 0.805. The maximum atomic E-state index is 2.60. The Balaban J connectivity index is 1.88. The van der Waals surface area contributed by atoms with Gasteiger partial charge in [0.05, 0.1) is 0 Å². The van der Waals surface area contributed by atoms with E-state index >= 15 is 0 Å². The number of hydrogen-bond acceptors (Lipinski definition) is 0. The fraction of sp³-hybridized carbons (Fsp3) is 1.00. The fourth-order valence-corrected chi connectivity index (χ4v) is 85.9. The van der Waals surface area contributed by atoms with Gasteiger partial charge in [0.2, 0.25) is 0 Å². The zero-order valence-corrected chi connectivity index (χ0v) is 10.3. The molecule has 10 saturated heterocycles. The van der Waals surface area contributed by atoms with Crippen molar-refractivity contribution >= 4 is 0 Å². The normalized spacial score (nSPS) is 139. The predicted molar refractivity (Wildman–Crippen MR) is 56.0 cm³/mol. The first-order chi connectivity index (χ1) is 7.05. The van der Waals surface area contributed by atoms with Gasteiger partial charge in [0.25, 0.3) is 0 Å². The summed E-state index contributed by atoms with van der Waals surface area (Å²) in [7, 11) is 0.